The third-order valence-corrected chi connectivity index (χ3v) is 4.58. The molecule has 22 heavy (non-hydrogen) atoms. The van der Waals surface area contributed by atoms with Crippen LogP contribution in [0.25, 0.3) is 0 Å². The second-order valence-corrected chi connectivity index (χ2v) is 6.41. The van der Waals surface area contributed by atoms with Crippen LogP contribution in [0.15, 0.2) is 24.4 Å². The van der Waals surface area contributed by atoms with Crippen LogP contribution in [0.1, 0.15) is 37.8 Å². The zero-order valence-corrected chi connectivity index (χ0v) is 15.0. The maximum Gasteiger partial charge on any atom is 0.221 e. The molecule has 1 aromatic heterocycles. The Balaban J connectivity index is 0.00000220. The average molecular weight is 366 g/mol. The molecule has 1 amide bonds. The zero-order chi connectivity index (χ0) is 14.2. The van der Waals surface area contributed by atoms with Gasteiger partial charge in [-0.2, -0.15) is 11.8 Å². The van der Waals surface area contributed by atoms with E-state index < -0.39 is 0 Å². The maximum atomic E-state index is 11.8. The van der Waals surface area contributed by atoms with Crippen LogP contribution < -0.4 is 11.1 Å². The third kappa shape index (κ3) is 8.22. The summed E-state index contributed by atoms with van der Waals surface area (Å²) < 4.78 is 0. The lowest BCUT2D eigenvalue weighted by Crippen LogP contribution is -2.40. The van der Waals surface area contributed by atoms with E-state index in [1.165, 1.54) is 0 Å². The molecular weight excluding hydrogens is 341 g/mol. The van der Waals surface area contributed by atoms with Crippen molar-refractivity contribution in [3.8, 4) is 0 Å². The van der Waals surface area contributed by atoms with Gasteiger partial charge in [0, 0.05) is 36.2 Å². The molecule has 1 aliphatic carbocycles. The van der Waals surface area contributed by atoms with Crippen LogP contribution in [0.5, 0.6) is 0 Å². The summed E-state index contributed by atoms with van der Waals surface area (Å²) in [6, 6.07) is 6.58. The molecule has 1 aliphatic rings. The molecule has 1 fully saturated rings. The first kappa shape index (κ1) is 21.5. The summed E-state index contributed by atoms with van der Waals surface area (Å²) in [5.41, 5.74) is 6.93. The van der Waals surface area contributed by atoms with E-state index in [9.17, 15) is 4.79 Å². The van der Waals surface area contributed by atoms with Gasteiger partial charge >= 0.3 is 0 Å². The molecule has 0 spiro atoms. The van der Waals surface area contributed by atoms with E-state index >= 15 is 0 Å². The number of nitrogens with two attached hydrogens (primary N) is 1. The first-order chi connectivity index (χ1) is 9.74. The van der Waals surface area contributed by atoms with Crippen molar-refractivity contribution < 1.29 is 4.79 Å². The Labute approximate surface area is 149 Å². The predicted molar refractivity (Wildman–Crippen MR) is 97.9 cm³/mol. The highest BCUT2D eigenvalue weighted by Crippen LogP contribution is 2.17. The topological polar surface area (TPSA) is 68.0 Å². The van der Waals surface area contributed by atoms with Gasteiger partial charge < -0.3 is 11.1 Å². The maximum absolute atomic E-state index is 11.8. The number of pyridine rings is 1. The molecule has 0 aromatic carbocycles. The van der Waals surface area contributed by atoms with Crippen molar-refractivity contribution in [3.63, 3.8) is 0 Å². The summed E-state index contributed by atoms with van der Waals surface area (Å²) in [5.74, 6) is 1.88. The number of hydrogen-bond donors (Lipinski definition) is 2. The lowest BCUT2D eigenvalue weighted by Gasteiger charge is -2.26. The van der Waals surface area contributed by atoms with E-state index in [4.69, 9.17) is 5.73 Å². The molecule has 126 valence electrons. The molecule has 1 aromatic rings. The van der Waals surface area contributed by atoms with E-state index in [-0.39, 0.29) is 30.7 Å². The van der Waals surface area contributed by atoms with Crippen molar-refractivity contribution in [2.24, 2.45) is 5.73 Å². The number of carbonyl (C=O) groups excluding carboxylic acids is 1. The van der Waals surface area contributed by atoms with Crippen molar-refractivity contribution >= 4 is 42.5 Å². The Bertz CT molecular complexity index is 415. The second-order valence-electron chi connectivity index (χ2n) is 5.30. The Morgan fingerprint density at radius 2 is 2.00 bits per heavy atom. The molecule has 0 atom stereocenters. The summed E-state index contributed by atoms with van der Waals surface area (Å²) in [6.07, 6.45) is 6.48. The highest BCUT2D eigenvalue weighted by atomic mass is 35.5. The van der Waals surface area contributed by atoms with Crippen molar-refractivity contribution in [1.29, 1.82) is 0 Å². The number of rotatable bonds is 6. The molecule has 3 N–H and O–H groups in total. The molecule has 1 heterocycles. The van der Waals surface area contributed by atoms with E-state index in [0.717, 1.165) is 42.9 Å². The van der Waals surface area contributed by atoms with Gasteiger partial charge in [-0.15, -0.1) is 24.8 Å². The smallest absolute Gasteiger partial charge is 0.221 e. The van der Waals surface area contributed by atoms with Crippen LogP contribution in [0, 0.1) is 0 Å². The standard InChI is InChI=1S/C15H23N3OS.2ClH/c16-12-4-6-13(7-5-12)18-15(19)8-10-20-11-14-3-1-2-9-17-14;;/h1-3,9,12-13H,4-8,10-11,16H2,(H,18,19);2*1H. The van der Waals surface area contributed by atoms with Gasteiger partial charge in [0.05, 0.1) is 5.69 Å². The molecule has 4 nitrogen and oxygen atoms in total. The molecule has 7 heteroatoms. The van der Waals surface area contributed by atoms with Crippen LogP contribution in [0.4, 0.5) is 0 Å². The van der Waals surface area contributed by atoms with Crippen LogP contribution >= 0.6 is 36.6 Å². The minimum Gasteiger partial charge on any atom is -0.353 e. The van der Waals surface area contributed by atoms with E-state index in [1.807, 2.05) is 18.2 Å². The fraction of sp³-hybridized carbons (Fsp3) is 0.600. The lowest BCUT2D eigenvalue weighted by molar-refractivity contribution is -0.121. The van der Waals surface area contributed by atoms with Gasteiger partial charge in [-0.1, -0.05) is 6.07 Å². The van der Waals surface area contributed by atoms with Gasteiger partial charge in [0.25, 0.3) is 0 Å². The van der Waals surface area contributed by atoms with Crippen molar-refractivity contribution in [1.82, 2.24) is 10.3 Å². The van der Waals surface area contributed by atoms with Crippen LogP contribution in [-0.2, 0) is 10.5 Å². The molecule has 1 saturated carbocycles. The summed E-state index contributed by atoms with van der Waals surface area (Å²) in [7, 11) is 0. The van der Waals surface area contributed by atoms with Crippen molar-refractivity contribution in [3.05, 3.63) is 30.1 Å². The third-order valence-electron chi connectivity index (χ3n) is 3.59. The van der Waals surface area contributed by atoms with Gasteiger partial charge in [0.1, 0.15) is 0 Å². The SMILES string of the molecule is Cl.Cl.NC1CCC(NC(=O)CCSCc2ccccn2)CC1. The van der Waals surface area contributed by atoms with E-state index in [0.29, 0.717) is 18.5 Å². The molecule has 0 unspecified atom stereocenters. The Morgan fingerprint density at radius 3 is 2.64 bits per heavy atom. The minimum absolute atomic E-state index is 0. The van der Waals surface area contributed by atoms with Crippen LogP contribution in [0.3, 0.4) is 0 Å². The first-order valence-electron chi connectivity index (χ1n) is 7.26. The number of carbonyl (C=O) groups is 1. The van der Waals surface area contributed by atoms with E-state index in [2.05, 4.69) is 10.3 Å². The lowest BCUT2D eigenvalue weighted by atomic mass is 9.92. The number of hydrogen-bond acceptors (Lipinski definition) is 4. The highest BCUT2D eigenvalue weighted by Gasteiger charge is 2.19. The molecule has 0 radical (unpaired) electrons. The number of amides is 1. The second kappa shape index (κ2) is 12.0. The fourth-order valence-corrected chi connectivity index (χ4v) is 3.24. The Hall–Kier alpha value is -0.490. The van der Waals surface area contributed by atoms with Gasteiger partial charge in [-0.25, -0.2) is 0 Å². The molecule has 2 rings (SSSR count). The van der Waals surface area contributed by atoms with Crippen molar-refractivity contribution in [2.45, 2.75) is 49.9 Å². The van der Waals surface area contributed by atoms with Crippen molar-refractivity contribution in [2.75, 3.05) is 5.75 Å². The van der Waals surface area contributed by atoms with Crippen LogP contribution in [-0.4, -0.2) is 28.7 Å². The summed E-state index contributed by atoms with van der Waals surface area (Å²) in [5, 5.41) is 3.11. The van der Waals surface area contributed by atoms with E-state index in [1.54, 1.807) is 18.0 Å². The largest absolute Gasteiger partial charge is 0.353 e. The van der Waals surface area contributed by atoms with Crippen LogP contribution in [0.2, 0.25) is 0 Å². The highest BCUT2D eigenvalue weighted by molar-refractivity contribution is 7.98. The van der Waals surface area contributed by atoms with Gasteiger partial charge in [-0.3, -0.25) is 9.78 Å². The number of nitrogens with zero attached hydrogens (tertiary/aromatic N) is 1. The van der Waals surface area contributed by atoms with Gasteiger partial charge in [0.15, 0.2) is 0 Å². The zero-order valence-electron chi connectivity index (χ0n) is 12.6. The monoisotopic (exact) mass is 365 g/mol. The molecular formula is C15H25Cl2N3OS. The summed E-state index contributed by atoms with van der Waals surface area (Å²) in [4.78, 5) is 16.1. The normalized spacial score (nSPS) is 20.4. The van der Waals surface area contributed by atoms with Gasteiger partial charge in [-0.05, 0) is 37.8 Å². The number of nitrogens with one attached hydrogen (secondary N) is 1. The molecule has 0 saturated heterocycles. The Morgan fingerprint density at radius 1 is 1.27 bits per heavy atom. The fourth-order valence-electron chi connectivity index (χ4n) is 2.39. The minimum atomic E-state index is 0. The Kier molecular flexibility index (Phi) is 11.7. The number of aromatic nitrogens is 1. The summed E-state index contributed by atoms with van der Waals surface area (Å²) >= 11 is 1.75. The first-order valence-corrected chi connectivity index (χ1v) is 8.42. The number of halogens is 2. The average Bonchev–Trinajstić information content (AvgIpc) is 2.47. The predicted octanol–water partition coefficient (Wildman–Crippen LogP) is 2.93. The van der Waals surface area contributed by atoms with Gasteiger partial charge in [0.2, 0.25) is 5.91 Å². The number of thioether (sulfide) groups is 1. The molecule has 0 aliphatic heterocycles. The molecule has 0 bridgehead atoms. The summed E-state index contributed by atoms with van der Waals surface area (Å²) in [6.45, 7) is 0. The quantitative estimate of drug-likeness (QED) is 0.760.